The second-order valence-electron chi connectivity index (χ2n) is 4.68. The summed E-state index contributed by atoms with van der Waals surface area (Å²) in [7, 11) is 1.29. The topological polar surface area (TPSA) is 66.8 Å². The number of para-hydroxylation sites is 1. The number of benzene rings is 1. The minimum Gasteiger partial charge on any atom is -0.467 e. The Morgan fingerprint density at radius 3 is 2.30 bits per heavy atom. The molecule has 1 aromatic rings. The third-order valence-electron chi connectivity index (χ3n) is 3.20. The standard InChI is InChI=1S/C15H21NO4/c1-10-6-5-7-11(2)14(10)16(13(18)8-9-17)12(3)15(19)20-4/h5-7,12,17H,8-9H2,1-4H3. The van der Waals surface area contributed by atoms with Gasteiger partial charge in [-0.3, -0.25) is 9.69 Å². The maximum absolute atomic E-state index is 12.3. The van der Waals surface area contributed by atoms with Gasteiger partial charge in [0, 0.05) is 0 Å². The van der Waals surface area contributed by atoms with E-state index in [-0.39, 0.29) is 18.9 Å². The Labute approximate surface area is 119 Å². The quantitative estimate of drug-likeness (QED) is 0.831. The van der Waals surface area contributed by atoms with Gasteiger partial charge < -0.3 is 9.84 Å². The Kier molecular flexibility index (Phi) is 5.70. The molecule has 0 fully saturated rings. The van der Waals surface area contributed by atoms with Crippen molar-refractivity contribution in [2.45, 2.75) is 33.2 Å². The number of carbonyl (C=O) groups excluding carboxylic acids is 2. The van der Waals surface area contributed by atoms with Crippen LogP contribution >= 0.6 is 0 Å². The molecule has 5 heteroatoms. The van der Waals surface area contributed by atoms with E-state index in [0.717, 1.165) is 11.1 Å². The second-order valence-corrected chi connectivity index (χ2v) is 4.68. The number of nitrogens with zero attached hydrogens (tertiary/aromatic N) is 1. The van der Waals surface area contributed by atoms with E-state index < -0.39 is 12.0 Å². The highest BCUT2D eigenvalue weighted by atomic mass is 16.5. The van der Waals surface area contributed by atoms with Crippen LogP contribution in [-0.2, 0) is 14.3 Å². The molecule has 0 bridgehead atoms. The van der Waals surface area contributed by atoms with Gasteiger partial charge in [0.15, 0.2) is 0 Å². The van der Waals surface area contributed by atoms with Gasteiger partial charge in [-0.25, -0.2) is 4.79 Å². The van der Waals surface area contributed by atoms with E-state index in [9.17, 15) is 9.59 Å². The summed E-state index contributed by atoms with van der Waals surface area (Å²) < 4.78 is 4.73. The Morgan fingerprint density at radius 1 is 1.30 bits per heavy atom. The molecular weight excluding hydrogens is 258 g/mol. The van der Waals surface area contributed by atoms with E-state index in [4.69, 9.17) is 9.84 Å². The van der Waals surface area contributed by atoms with Crippen LogP contribution in [0.5, 0.6) is 0 Å². The number of amides is 1. The fourth-order valence-electron chi connectivity index (χ4n) is 2.21. The number of aliphatic hydroxyl groups is 1. The van der Waals surface area contributed by atoms with Gasteiger partial charge in [0.05, 0.1) is 25.8 Å². The van der Waals surface area contributed by atoms with Gasteiger partial charge in [-0.15, -0.1) is 0 Å². The van der Waals surface area contributed by atoms with Crippen molar-refractivity contribution in [2.24, 2.45) is 0 Å². The summed E-state index contributed by atoms with van der Waals surface area (Å²) in [6.45, 7) is 5.12. The summed E-state index contributed by atoms with van der Waals surface area (Å²) >= 11 is 0. The number of aryl methyl sites for hydroxylation is 2. The van der Waals surface area contributed by atoms with Crippen LogP contribution in [0.2, 0.25) is 0 Å². The van der Waals surface area contributed by atoms with Crippen molar-refractivity contribution in [2.75, 3.05) is 18.6 Å². The van der Waals surface area contributed by atoms with Crippen molar-refractivity contribution < 1.29 is 19.4 Å². The van der Waals surface area contributed by atoms with Gasteiger partial charge in [-0.2, -0.15) is 0 Å². The number of anilines is 1. The van der Waals surface area contributed by atoms with Crippen LogP contribution in [0.4, 0.5) is 5.69 Å². The third-order valence-corrected chi connectivity index (χ3v) is 3.20. The molecule has 5 nitrogen and oxygen atoms in total. The lowest BCUT2D eigenvalue weighted by molar-refractivity contribution is -0.143. The first-order valence-corrected chi connectivity index (χ1v) is 6.51. The number of methoxy groups -OCH3 is 1. The highest BCUT2D eigenvalue weighted by molar-refractivity contribution is 6.00. The molecule has 20 heavy (non-hydrogen) atoms. The van der Waals surface area contributed by atoms with Crippen molar-refractivity contribution in [1.82, 2.24) is 0 Å². The predicted octanol–water partition coefficient (Wildman–Crippen LogP) is 1.58. The average molecular weight is 279 g/mol. The zero-order chi connectivity index (χ0) is 15.3. The second kappa shape index (κ2) is 7.05. The van der Waals surface area contributed by atoms with Gasteiger partial charge in [0.2, 0.25) is 5.91 Å². The van der Waals surface area contributed by atoms with Crippen LogP contribution in [0.25, 0.3) is 0 Å². The highest BCUT2D eigenvalue weighted by Gasteiger charge is 2.29. The van der Waals surface area contributed by atoms with E-state index in [1.807, 2.05) is 32.0 Å². The van der Waals surface area contributed by atoms with Gasteiger partial charge in [0.25, 0.3) is 0 Å². The summed E-state index contributed by atoms with van der Waals surface area (Å²) in [6, 6.07) is 4.92. The fourth-order valence-corrected chi connectivity index (χ4v) is 2.21. The number of carbonyl (C=O) groups is 2. The summed E-state index contributed by atoms with van der Waals surface area (Å²) in [5.41, 5.74) is 2.49. The summed E-state index contributed by atoms with van der Waals surface area (Å²) in [6.07, 6.45) is -0.0326. The number of aliphatic hydroxyl groups excluding tert-OH is 1. The molecule has 0 aliphatic rings. The first kappa shape index (κ1) is 16.2. The van der Waals surface area contributed by atoms with Crippen molar-refractivity contribution in [3.8, 4) is 0 Å². The van der Waals surface area contributed by atoms with Gasteiger partial charge in [0.1, 0.15) is 6.04 Å². The molecule has 1 rings (SSSR count). The minimum atomic E-state index is -0.737. The maximum atomic E-state index is 12.3. The zero-order valence-corrected chi connectivity index (χ0v) is 12.3. The van der Waals surface area contributed by atoms with Crippen LogP contribution in [-0.4, -0.2) is 36.7 Å². The van der Waals surface area contributed by atoms with Crippen molar-refractivity contribution in [3.63, 3.8) is 0 Å². The van der Waals surface area contributed by atoms with Gasteiger partial charge >= 0.3 is 5.97 Å². The zero-order valence-electron chi connectivity index (χ0n) is 12.3. The first-order chi connectivity index (χ1) is 9.43. The molecule has 0 aliphatic heterocycles. The van der Waals surface area contributed by atoms with Crippen LogP contribution in [0.1, 0.15) is 24.5 Å². The van der Waals surface area contributed by atoms with Crippen LogP contribution < -0.4 is 4.90 Å². The van der Waals surface area contributed by atoms with E-state index >= 15 is 0 Å². The van der Waals surface area contributed by atoms with E-state index in [2.05, 4.69) is 0 Å². The molecule has 110 valence electrons. The normalized spacial score (nSPS) is 11.8. The molecular formula is C15H21NO4. The Hall–Kier alpha value is -1.88. The average Bonchev–Trinajstić information content (AvgIpc) is 2.41. The first-order valence-electron chi connectivity index (χ1n) is 6.51. The number of ether oxygens (including phenoxy) is 1. The molecule has 1 N–H and O–H groups in total. The largest absolute Gasteiger partial charge is 0.467 e. The Morgan fingerprint density at radius 2 is 1.85 bits per heavy atom. The molecule has 0 aliphatic carbocycles. The van der Waals surface area contributed by atoms with Crippen molar-refractivity contribution >= 4 is 17.6 Å². The summed E-state index contributed by atoms with van der Waals surface area (Å²) in [5, 5.41) is 8.98. The van der Waals surface area contributed by atoms with Crippen molar-refractivity contribution in [3.05, 3.63) is 29.3 Å². The minimum absolute atomic E-state index is 0.0326. The Bertz CT molecular complexity index is 478. The Balaban J connectivity index is 3.30. The number of hydrogen-bond acceptors (Lipinski definition) is 4. The number of hydrogen-bond donors (Lipinski definition) is 1. The summed E-state index contributed by atoms with van der Waals surface area (Å²) in [4.78, 5) is 25.5. The van der Waals surface area contributed by atoms with Crippen LogP contribution in [0, 0.1) is 13.8 Å². The molecule has 1 atom stereocenters. The number of rotatable bonds is 5. The molecule has 0 saturated carbocycles. The van der Waals surface area contributed by atoms with Crippen molar-refractivity contribution in [1.29, 1.82) is 0 Å². The number of esters is 1. The molecule has 1 aromatic carbocycles. The van der Waals surface area contributed by atoms with Gasteiger partial charge in [-0.1, -0.05) is 18.2 Å². The van der Waals surface area contributed by atoms with Gasteiger partial charge in [-0.05, 0) is 31.9 Å². The van der Waals surface area contributed by atoms with E-state index in [1.54, 1.807) is 6.92 Å². The summed E-state index contributed by atoms with van der Waals surface area (Å²) in [5.74, 6) is -0.790. The third kappa shape index (κ3) is 3.36. The lowest BCUT2D eigenvalue weighted by Crippen LogP contribution is -2.45. The molecule has 0 saturated heterocycles. The smallest absolute Gasteiger partial charge is 0.328 e. The maximum Gasteiger partial charge on any atom is 0.328 e. The lowest BCUT2D eigenvalue weighted by atomic mass is 10.1. The molecule has 1 unspecified atom stereocenters. The monoisotopic (exact) mass is 279 g/mol. The lowest BCUT2D eigenvalue weighted by Gasteiger charge is -2.30. The molecule has 1 amide bonds. The molecule has 0 spiro atoms. The van der Waals surface area contributed by atoms with Crippen LogP contribution in [0.3, 0.4) is 0 Å². The molecule has 0 aromatic heterocycles. The molecule has 0 heterocycles. The van der Waals surface area contributed by atoms with Crippen LogP contribution in [0.15, 0.2) is 18.2 Å². The SMILES string of the molecule is COC(=O)C(C)N(C(=O)CCO)c1c(C)cccc1C. The highest BCUT2D eigenvalue weighted by Crippen LogP contribution is 2.27. The van der Waals surface area contributed by atoms with E-state index in [0.29, 0.717) is 5.69 Å². The van der Waals surface area contributed by atoms with E-state index in [1.165, 1.54) is 12.0 Å². The molecule has 0 radical (unpaired) electrons. The predicted molar refractivity (Wildman–Crippen MR) is 76.6 cm³/mol. The fraction of sp³-hybridized carbons (Fsp3) is 0.467.